The number of carbonyl (C=O) groups excluding carboxylic acids is 2. The topological polar surface area (TPSA) is 67.9 Å². The van der Waals surface area contributed by atoms with Gasteiger partial charge in [0.1, 0.15) is 5.70 Å². The van der Waals surface area contributed by atoms with Crippen LogP contribution in [0.15, 0.2) is 23.9 Å². The summed E-state index contributed by atoms with van der Waals surface area (Å²) in [7, 11) is 3.10. The molecule has 0 unspecified atom stereocenters. The number of hydrogen-bond donors (Lipinski definition) is 1. The molecule has 1 aromatic carbocycles. The molecule has 0 aliphatic heterocycles. The molecule has 1 aromatic rings. The first kappa shape index (κ1) is 18.5. The molecule has 23 heavy (non-hydrogen) atoms. The third-order valence-electron chi connectivity index (χ3n) is 3.31. The van der Waals surface area contributed by atoms with Crippen LogP contribution in [0.3, 0.4) is 0 Å². The zero-order chi connectivity index (χ0) is 17.4. The van der Waals surface area contributed by atoms with Crippen LogP contribution in [0.1, 0.15) is 26.3 Å². The summed E-state index contributed by atoms with van der Waals surface area (Å²) in [5.41, 5.74) is 0.959. The highest BCUT2D eigenvalue weighted by atomic mass is 16.5. The van der Waals surface area contributed by atoms with Crippen molar-refractivity contribution in [3.63, 3.8) is 0 Å². The minimum Gasteiger partial charge on any atom is -0.493 e. The fraction of sp³-hybridized carbons (Fsp3) is 0.412. The summed E-state index contributed by atoms with van der Waals surface area (Å²) in [6.07, 6.45) is 1.63. The molecule has 1 N–H and O–H groups in total. The molecular weight excluding hydrogens is 296 g/mol. The molecule has 0 aliphatic carbocycles. The molecule has 1 rings (SSSR count). The monoisotopic (exact) mass is 320 g/mol. The van der Waals surface area contributed by atoms with E-state index in [0.717, 1.165) is 5.56 Å². The van der Waals surface area contributed by atoms with E-state index in [0.29, 0.717) is 24.6 Å². The second-order valence-corrected chi connectivity index (χ2v) is 4.83. The van der Waals surface area contributed by atoms with E-state index in [-0.39, 0.29) is 17.5 Å². The Morgan fingerprint density at radius 1 is 1.13 bits per heavy atom. The van der Waals surface area contributed by atoms with Gasteiger partial charge in [0.25, 0.3) is 5.91 Å². The number of likely N-dealkylation sites (N-methyl/N-ethyl adjacent to an activating group) is 1. The van der Waals surface area contributed by atoms with Gasteiger partial charge >= 0.3 is 0 Å². The summed E-state index contributed by atoms with van der Waals surface area (Å²) in [5.74, 6) is 0.636. The van der Waals surface area contributed by atoms with Crippen molar-refractivity contribution in [3.8, 4) is 11.5 Å². The first-order chi connectivity index (χ1) is 11.0. The van der Waals surface area contributed by atoms with Crippen LogP contribution in [-0.4, -0.2) is 44.0 Å². The van der Waals surface area contributed by atoms with Crippen LogP contribution in [0.5, 0.6) is 11.5 Å². The van der Waals surface area contributed by atoms with Gasteiger partial charge in [0.2, 0.25) is 5.91 Å². The van der Waals surface area contributed by atoms with Gasteiger partial charge in [0.05, 0.1) is 14.2 Å². The van der Waals surface area contributed by atoms with Gasteiger partial charge in [-0.15, -0.1) is 0 Å². The Morgan fingerprint density at radius 3 is 2.22 bits per heavy atom. The van der Waals surface area contributed by atoms with E-state index in [9.17, 15) is 9.59 Å². The largest absolute Gasteiger partial charge is 0.493 e. The maximum absolute atomic E-state index is 12.5. The first-order valence-corrected chi connectivity index (χ1v) is 7.47. The number of ether oxygens (including phenoxy) is 2. The van der Waals surface area contributed by atoms with Gasteiger partial charge in [-0.3, -0.25) is 9.59 Å². The predicted molar refractivity (Wildman–Crippen MR) is 89.3 cm³/mol. The van der Waals surface area contributed by atoms with E-state index < -0.39 is 0 Å². The van der Waals surface area contributed by atoms with E-state index in [1.165, 1.54) is 6.92 Å². The van der Waals surface area contributed by atoms with Gasteiger partial charge in [0.15, 0.2) is 11.5 Å². The van der Waals surface area contributed by atoms with Crippen molar-refractivity contribution in [1.29, 1.82) is 0 Å². The molecule has 0 aliphatic rings. The van der Waals surface area contributed by atoms with Crippen molar-refractivity contribution in [1.82, 2.24) is 10.2 Å². The molecule has 0 bridgehead atoms. The molecule has 0 aromatic heterocycles. The summed E-state index contributed by atoms with van der Waals surface area (Å²) >= 11 is 0. The third kappa shape index (κ3) is 5.02. The molecule has 6 heteroatoms. The summed E-state index contributed by atoms with van der Waals surface area (Å²) < 4.78 is 10.4. The van der Waals surface area contributed by atoms with Gasteiger partial charge in [0, 0.05) is 20.0 Å². The molecular formula is C17H24N2O4. The zero-order valence-corrected chi connectivity index (χ0v) is 14.3. The predicted octanol–water partition coefficient (Wildman–Crippen LogP) is 2.05. The number of carbonyl (C=O) groups is 2. The molecule has 0 atom stereocenters. The number of amides is 2. The lowest BCUT2D eigenvalue weighted by Crippen LogP contribution is -2.37. The molecule has 126 valence electrons. The fourth-order valence-corrected chi connectivity index (χ4v) is 2.13. The smallest absolute Gasteiger partial charge is 0.270 e. The quantitative estimate of drug-likeness (QED) is 0.781. The van der Waals surface area contributed by atoms with Gasteiger partial charge in [-0.25, -0.2) is 0 Å². The molecule has 0 fully saturated rings. The standard InChI is InChI=1S/C17H24N2O4/c1-6-19(7-2)17(21)14(18-12(3)20)10-13-8-9-15(22-4)16(11-13)23-5/h8-11H,6-7H2,1-5H3,(H,18,20)/b14-10+. The van der Waals surface area contributed by atoms with E-state index in [1.807, 2.05) is 13.8 Å². The third-order valence-corrected chi connectivity index (χ3v) is 3.31. The van der Waals surface area contributed by atoms with Gasteiger partial charge in [-0.1, -0.05) is 6.07 Å². The number of benzene rings is 1. The maximum atomic E-state index is 12.5. The maximum Gasteiger partial charge on any atom is 0.270 e. The summed E-state index contributed by atoms with van der Waals surface area (Å²) in [4.78, 5) is 25.6. The Hall–Kier alpha value is -2.50. The van der Waals surface area contributed by atoms with E-state index >= 15 is 0 Å². The van der Waals surface area contributed by atoms with E-state index in [1.54, 1.807) is 43.4 Å². The molecule has 0 radical (unpaired) electrons. The fourth-order valence-electron chi connectivity index (χ4n) is 2.13. The van der Waals surface area contributed by atoms with Crippen molar-refractivity contribution >= 4 is 17.9 Å². The van der Waals surface area contributed by atoms with Gasteiger partial charge in [-0.2, -0.15) is 0 Å². The molecule has 6 nitrogen and oxygen atoms in total. The number of methoxy groups -OCH3 is 2. The van der Waals surface area contributed by atoms with Gasteiger partial charge in [-0.05, 0) is 37.6 Å². The van der Waals surface area contributed by atoms with Crippen molar-refractivity contribution in [3.05, 3.63) is 29.5 Å². The normalized spacial score (nSPS) is 10.9. The van der Waals surface area contributed by atoms with Gasteiger partial charge < -0.3 is 19.7 Å². The SMILES string of the molecule is CCN(CC)C(=O)/C(=C\c1ccc(OC)c(OC)c1)NC(C)=O. The van der Waals surface area contributed by atoms with Crippen molar-refractivity contribution < 1.29 is 19.1 Å². The van der Waals surface area contributed by atoms with Crippen LogP contribution < -0.4 is 14.8 Å². The average molecular weight is 320 g/mol. The minimum atomic E-state index is -0.294. The molecule has 0 saturated carbocycles. The summed E-state index contributed by atoms with van der Waals surface area (Å²) in [6, 6.07) is 5.28. The van der Waals surface area contributed by atoms with Crippen LogP contribution in [0.25, 0.3) is 6.08 Å². The second-order valence-electron chi connectivity index (χ2n) is 4.83. The van der Waals surface area contributed by atoms with Crippen LogP contribution in [0.4, 0.5) is 0 Å². The number of nitrogens with zero attached hydrogens (tertiary/aromatic N) is 1. The van der Waals surface area contributed by atoms with Crippen molar-refractivity contribution in [2.75, 3.05) is 27.3 Å². The van der Waals surface area contributed by atoms with E-state index in [4.69, 9.17) is 9.47 Å². The van der Waals surface area contributed by atoms with Crippen molar-refractivity contribution in [2.24, 2.45) is 0 Å². The number of hydrogen-bond acceptors (Lipinski definition) is 4. The summed E-state index contributed by atoms with van der Waals surface area (Å²) in [6.45, 7) is 6.29. The number of nitrogens with one attached hydrogen (secondary N) is 1. The lowest BCUT2D eigenvalue weighted by molar-refractivity contribution is -0.129. The molecule has 0 saturated heterocycles. The molecule has 2 amide bonds. The molecule has 0 heterocycles. The Bertz CT molecular complexity index is 592. The highest BCUT2D eigenvalue weighted by Crippen LogP contribution is 2.28. The average Bonchev–Trinajstić information content (AvgIpc) is 2.54. The van der Waals surface area contributed by atoms with Crippen LogP contribution >= 0.6 is 0 Å². The zero-order valence-electron chi connectivity index (χ0n) is 14.3. The Kier molecular flexibility index (Phi) is 7.12. The highest BCUT2D eigenvalue weighted by Gasteiger charge is 2.17. The van der Waals surface area contributed by atoms with E-state index in [2.05, 4.69) is 5.32 Å². The lowest BCUT2D eigenvalue weighted by atomic mass is 10.1. The Balaban J connectivity index is 3.23. The molecule has 0 spiro atoms. The Labute approximate surface area is 137 Å². The number of rotatable bonds is 7. The van der Waals surface area contributed by atoms with Crippen LogP contribution in [0.2, 0.25) is 0 Å². The first-order valence-electron chi connectivity index (χ1n) is 7.47. The second kappa shape index (κ2) is 8.82. The summed E-state index contributed by atoms with van der Waals surface area (Å²) in [5, 5.41) is 2.60. The van der Waals surface area contributed by atoms with Crippen LogP contribution in [0, 0.1) is 0 Å². The van der Waals surface area contributed by atoms with Crippen LogP contribution in [-0.2, 0) is 9.59 Å². The minimum absolute atomic E-state index is 0.222. The van der Waals surface area contributed by atoms with Crippen molar-refractivity contribution in [2.45, 2.75) is 20.8 Å². The Morgan fingerprint density at radius 2 is 1.74 bits per heavy atom. The lowest BCUT2D eigenvalue weighted by Gasteiger charge is -2.20. The highest BCUT2D eigenvalue weighted by molar-refractivity contribution is 6.00.